The minimum absolute atomic E-state index is 0.0204. The van der Waals surface area contributed by atoms with E-state index in [0.717, 1.165) is 32.1 Å². The molecule has 1 saturated heterocycles. The Morgan fingerprint density at radius 3 is 2.38 bits per heavy atom. The highest BCUT2D eigenvalue weighted by Crippen LogP contribution is 2.32. The smallest absolute Gasteiger partial charge is 0.237 e. The number of nitrogens with one attached hydrogen (secondary N) is 1. The van der Waals surface area contributed by atoms with Gasteiger partial charge in [-0.25, -0.2) is 13.1 Å². The summed E-state index contributed by atoms with van der Waals surface area (Å²) in [6, 6.07) is 2.33. The summed E-state index contributed by atoms with van der Waals surface area (Å²) >= 11 is 0. The molecule has 1 heterocycles. The van der Waals surface area contributed by atoms with Crippen LogP contribution in [0.15, 0.2) is 0 Å². The van der Waals surface area contributed by atoms with E-state index in [2.05, 4.69) is 10.8 Å². The third-order valence-corrected chi connectivity index (χ3v) is 5.99. The van der Waals surface area contributed by atoms with Gasteiger partial charge in [-0.2, -0.15) is 5.26 Å². The second-order valence-electron chi connectivity index (χ2n) is 7.10. The molecule has 24 heavy (non-hydrogen) atoms. The Hall–Kier alpha value is -1.17. The van der Waals surface area contributed by atoms with Gasteiger partial charge >= 0.3 is 0 Å². The van der Waals surface area contributed by atoms with Crippen LogP contribution in [0.3, 0.4) is 0 Å². The third kappa shape index (κ3) is 4.91. The van der Waals surface area contributed by atoms with Crippen LogP contribution < -0.4 is 4.72 Å². The van der Waals surface area contributed by atoms with Gasteiger partial charge in [-0.05, 0) is 25.7 Å². The summed E-state index contributed by atoms with van der Waals surface area (Å²) in [4.78, 5) is 16.3. The van der Waals surface area contributed by atoms with Crippen LogP contribution in [0, 0.1) is 11.3 Å². The standard InChI is InChI=1S/C16H28N4O3S/c1-19(16(13-17)8-4-3-5-9-16)15(21)12-20-10-6-14(7-11-20)18-24(2,22)23/h14,18H,3-12H2,1-2H3. The highest BCUT2D eigenvalue weighted by molar-refractivity contribution is 7.88. The number of carbonyl (C=O) groups excluding carboxylic acids is 1. The van der Waals surface area contributed by atoms with Crippen LogP contribution in [0.5, 0.6) is 0 Å². The number of carbonyl (C=O) groups is 1. The molecule has 1 N–H and O–H groups in total. The average molecular weight is 356 g/mol. The van der Waals surface area contributed by atoms with Crippen LogP contribution in [0.25, 0.3) is 0 Å². The van der Waals surface area contributed by atoms with E-state index in [-0.39, 0.29) is 11.9 Å². The van der Waals surface area contributed by atoms with E-state index in [0.29, 0.717) is 32.5 Å². The monoisotopic (exact) mass is 356 g/mol. The molecule has 0 aromatic carbocycles. The molecule has 7 nitrogen and oxygen atoms in total. The molecule has 1 aliphatic carbocycles. The van der Waals surface area contributed by atoms with Gasteiger partial charge in [0.2, 0.25) is 15.9 Å². The lowest BCUT2D eigenvalue weighted by Crippen LogP contribution is -2.54. The van der Waals surface area contributed by atoms with Gasteiger partial charge in [0, 0.05) is 26.2 Å². The molecular weight excluding hydrogens is 328 g/mol. The summed E-state index contributed by atoms with van der Waals surface area (Å²) < 4.78 is 25.2. The lowest BCUT2D eigenvalue weighted by Gasteiger charge is -2.40. The first kappa shape index (κ1) is 19.2. The van der Waals surface area contributed by atoms with Crippen molar-refractivity contribution < 1.29 is 13.2 Å². The molecule has 0 atom stereocenters. The fraction of sp³-hybridized carbons (Fsp3) is 0.875. The van der Waals surface area contributed by atoms with Gasteiger partial charge in [0.1, 0.15) is 5.54 Å². The number of likely N-dealkylation sites (tertiary alicyclic amines) is 1. The first-order valence-electron chi connectivity index (χ1n) is 8.63. The van der Waals surface area contributed by atoms with Crippen molar-refractivity contribution in [2.45, 2.75) is 56.5 Å². The fourth-order valence-electron chi connectivity index (χ4n) is 3.71. The van der Waals surface area contributed by atoms with Crippen molar-refractivity contribution in [1.29, 1.82) is 5.26 Å². The molecule has 0 bridgehead atoms. The molecule has 0 spiro atoms. The molecule has 0 radical (unpaired) electrons. The Balaban J connectivity index is 1.86. The van der Waals surface area contributed by atoms with Crippen LogP contribution in [0.1, 0.15) is 44.9 Å². The molecular formula is C16H28N4O3S. The Labute approximate surface area is 145 Å². The lowest BCUT2D eigenvalue weighted by atomic mass is 9.81. The fourth-order valence-corrected chi connectivity index (χ4v) is 4.55. The van der Waals surface area contributed by atoms with E-state index in [4.69, 9.17) is 0 Å². The number of hydrogen-bond donors (Lipinski definition) is 1. The Bertz CT molecular complexity index is 585. The predicted octanol–water partition coefficient (Wildman–Crippen LogP) is 0.685. The van der Waals surface area contributed by atoms with Crippen molar-refractivity contribution >= 4 is 15.9 Å². The van der Waals surface area contributed by atoms with Crippen molar-refractivity contribution in [3.05, 3.63) is 0 Å². The SMILES string of the molecule is CN(C(=O)CN1CCC(NS(C)(=O)=O)CC1)C1(C#N)CCCCC1. The molecule has 1 aliphatic heterocycles. The zero-order valence-corrected chi connectivity index (χ0v) is 15.4. The Morgan fingerprint density at radius 1 is 1.29 bits per heavy atom. The number of piperidine rings is 1. The Kier molecular flexibility index (Phi) is 6.23. The number of nitriles is 1. The number of amides is 1. The quantitative estimate of drug-likeness (QED) is 0.782. The highest BCUT2D eigenvalue weighted by Gasteiger charge is 2.39. The largest absolute Gasteiger partial charge is 0.326 e. The summed E-state index contributed by atoms with van der Waals surface area (Å²) in [5.41, 5.74) is -0.647. The van der Waals surface area contributed by atoms with E-state index in [1.807, 2.05) is 4.90 Å². The first-order chi connectivity index (χ1) is 11.3. The van der Waals surface area contributed by atoms with E-state index < -0.39 is 15.6 Å². The van der Waals surface area contributed by atoms with Crippen molar-refractivity contribution in [1.82, 2.24) is 14.5 Å². The number of rotatable bonds is 5. The number of likely N-dealkylation sites (N-methyl/N-ethyl adjacent to an activating group) is 1. The van der Waals surface area contributed by atoms with Crippen LogP contribution in [-0.4, -0.2) is 68.6 Å². The molecule has 0 aromatic heterocycles. The maximum absolute atomic E-state index is 12.6. The predicted molar refractivity (Wildman–Crippen MR) is 91.6 cm³/mol. The second-order valence-corrected chi connectivity index (χ2v) is 8.88. The highest BCUT2D eigenvalue weighted by atomic mass is 32.2. The zero-order chi connectivity index (χ0) is 17.8. The molecule has 1 saturated carbocycles. The van der Waals surface area contributed by atoms with Crippen LogP contribution in [-0.2, 0) is 14.8 Å². The molecule has 2 fully saturated rings. The maximum Gasteiger partial charge on any atom is 0.237 e. The van der Waals surface area contributed by atoms with Gasteiger partial charge in [0.05, 0.1) is 18.9 Å². The number of sulfonamides is 1. The molecule has 0 unspecified atom stereocenters. The topological polar surface area (TPSA) is 93.5 Å². The van der Waals surface area contributed by atoms with E-state index in [1.54, 1.807) is 11.9 Å². The van der Waals surface area contributed by atoms with Crippen molar-refractivity contribution in [3.8, 4) is 6.07 Å². The zero-order valence-electron chi connectivity index (χ0n) is 14.6. The minimum atomic E-state index is -3.18. The van der Waals surface area contributed by atoms with Gasteiger partial charge in [-0.3, -0.25) is 9.69 Å². The summed E-state index contributed by atoms with van der Waals surface area (Å²) in [5.74, 6) is -0.0204. The van der Waals surface area contributed by atoms with Gasteiger partial charge in [-0.1, -0.05) is 19.3 Å². The van der Waals surface area contributed by atoms with Gasteiger partial charge < -0.3 is 4.90 Å². The van der Waals surface area contributed by atoms with E-state index in [1.165, 1.54) is 6.26 Å². The van der Waals surface area contributed by atoms with Crippen molar-refractivity contribution in [3.63, 3.8) is 0 Å². The molecule has 8 heteroatoms. The van der Waals surface area contributed by atoms with Crippen LogP contribution in [0.4, 0.5) is 0 Å². The third-order valence-electron chi connectivity index (χ3n) is 5.23. The molecule has 1 amide bonds. The number of hydrogen-bond acceptors (Lipinski definition) is 5. The van der Waals surface area contributed by atoms with Crippen molar-refractivity contribution in [2.24, 2.45) is 0 Å². The molecule has 0 aromatic rings. The van der Waals surface area contributed by atoms with Crippen LogP contribution in [0.2, 0.25) is 0 Å². The van der Waals surface area contributed by atoms with Crippen molar-refractivity contribution in [2.75, 3.05) is 32.9 Å². The average Bonchev–Trinajstić information content (AvgIpc) is 2.55. The number of nitrogens with zero attached hydrogens (tertiary/aromatic N) is 3. The second kappa shape index (κ2) is 7.81. The summed E-state index contributed by atoms with van der Waals surface area (Å²) in [6.07, 6.45) is 7.20. The van der Waals surface area contributed by atoms with Gasteiger partial charge in [-0.15, -0.1) is 0 Å². The first-order valence-corrected chi connectivity index (χ1v) is 10.5. The normalized spacial score (nSPS) is 22.7. The van der Waals surface area contributed by atoms with E-state index >= 15 is 0 Å². The van der Waals surface area contributed by atoms with E-state index in [9.17, 15) is 18.5 Å². The summed E-state index contributed by atoms with van der Waals surface area (Å²) in [7, 11) is -1.44. The lowest BCUT2D eigenvalue weighted by molar-refractivity contribution is -0.136. The molecule has 2 rings (SSSR count). The van der Waals surface area contributed by atoms with Gasteiger partial charge in [0.25, 0.3) is 0 Å². The Morgan fingerprint density at radius 2 is 1.88 bits per heavy atom. The van der Waals surface area contributed by atoms with Crippen LogP contribution >= 0.6 is 0 Å². The molecule has 136 valence electrons. The summed E-state index contributed by atoms with van der Waals surface area (Å²) in [6.45, 7) is 1.67. The van der Waals surface area contributed by atoms with Gasteiger partial charge in [0.15, 0.2) is 0 Å². The molecule has 2 aliphatic rings. The maximum atomic E-state index is 12.6. The minimum Gasteiger partial charge on any atom is -0.326 e. The summed E-state index contributed by atoms with van der Waals surface area (Å²) in [5, 5.41) is 9.59.